The molecule has 9 heteroatoms. The zero-order chi connectivity index (χ0) is 21.0. The van der Waals surface area contributed by atoms with Crippen LogP contribution in [-0.4, -0.2) is 36.6 Å². The highest BCUT2D eigenvalue weighted by atomic mass is 79.9. The summed E-state index contributed by atoms with van der Waals surface area (Å²) in [5.74, 6) is -0.0330. The molecule has 154 valence electrons. The molecular formula is C20H21BrClN3O4. The number of cyclic esters (lactones) is 1. The lowest BCUT2D eigenvalue weighted by molar-refractivity contribution is 0.0425. The van der Waals surface area contributed by atoms with Crippen LogP contribution in [0.25, 0.3) is 0 Å². The third-order valence-corrected chi connectivity index (χ3v) is 5.52. The maximum atomic E-state index is 12.1. The van der Waals surface area contributed by atoms with E-state index in [9.17, 15) is 9.59 Å². The van der Waals surface area contributed by atoms with E-state index in [1.165, 1.54) is 0 Å². The Labute approximate surface area is 182 Å². The molecule has 0 radical (unpaired) electrons. The monoisotopic (exact) mass is 481 g/mol. The molecular weight excluding hydrogens is 462 g/mol. The van der Waals surface area contributed by atoms with Crippen molar-refractivity contribution in [1.82, 2.24) is 4.90 Å². The van der Waals surface area contributed by atoms with Crippen molar-refractivity contribution in [2.45, 2.75) is 13.2 Å². The van der Waals surface area contributed by atoms with Gasteiger partial charge in [0, 0.05) is 46.2 Å². The molecule has 0 saturated carbocycles. The first-order valence-corrected chi connectivity index (χ1v) is 10.1. The van der Waals surface area contributed by atoms with E-state index in [1.54, 1.807) is 35.2 Å². The van der Waals surface area contributed by atoms with E-state index in [4.69, 9.17) is 32.5 Å². The summed E-state index contributed by atoms with van der Waals surface area (Å²) in [5, 5.41) is 0.614. The molecule has 4 N–H and O–H groups in total. The Morgan fingerprint density at radius 1 is 1.31 bits per heavy atom. The SMILES string of the molecule is NCC1COC(=O)N(Cc2cc(OCc3ccc(Cl)cc3Br)cc(C(N)=O)c2)C1. The van der Waals surface area contributed by atoms with Crippen molar-refractivity contribution >= 4 is 39.5 Å². The number of nitrogens with two attached hydrogens (primary N) is 2. The Morgan fingerprint density at radius 2 is 2.10 bits per heavy atom. The lowest BCUT2D eigenvalue weighted by Gasteiger charge is -2.31. The quantitative estimate of drug-likeness (QED) is 0.629. The highest BCUT2D eigenvalue weighted by Gasteiger charge is 2.26. The van der Waals surface area contributed by atoms with Crippen LogP contribution < -0.4 is 16.2 Å². The summed E-state index contributed by atoms with van der Waals surface area (Å²) in [6, 6.07) is 10.4. The number of rotatable bonds is 7. The molecule has 1 saturated heterocycles. The number of benzene rings is 2. The fraction of sp³-hybridized carbons (Fsp3) is 0.300. The summed E-state index contributed by atoms with van der Waals surface area (Å²) >= 11 is 9.41. The average Bonchev–Trinajstić information content (AvgIpc) is 2.69. The molecule has 3 rings (SSSR count). The fourth-order valence-electron chi connectivity index (χ4n) is 2.99. The number of hydrogen-bond donors (Lipinski definition) is 2. The normalized spacial score (nSPS) is 16.4. The summed E-state index contributed by atoms with van der Waals surface area (Å²) in [6.07, 6.45) is -0.410. The van der Waals surface area contributed by atoms with Crippen molar-refractivity contribution in [3.63, 3.8) is 0 Å². The van der Waals surface area contributed by atoms with Crippen molar-refractivity contribution in [3.8, 4) is 5.75 Å². The van der Waals surface area contributed by atoms with Crippen LogP contribution in [0, 0.1) is 5.92 Å². The van der Waals surface area contributed by atoms with Gasteiger partial charge < -0.3 is 25.8 Å². The molecule has 2 aromatic carbocycles. The predicted molar refractivity (Wildman–Crippen MR) is 113 cm³/mol. The number of primary amides is 1. The van der Waals surface area contributed by atoms with Gasteiger partial charge in [0.1, 0.15) is 12.4 Å². The maximum absolute atomic E-state index is 12.1. The van der Waals surface area contributed by atoms with Crippen LogP contribution in [0.3, 0.4) is 0 Å². The minimum atomic E-state index is -0.578. The van der Waals surface area contributed by atoms with Crippen LogP contribution in [0.15, 0.2) is 40.9 Å². The van der Waals surface area contributed by atoms with Crippen molar-refractivity contribution < 1.29 is 19.1 Å². The van der Waals surface area contributed by atoms with Gasteiger partial charge in [-0.3, -0.25) is 4.79 Å². The number of amides is 2. The number of halogens is 2. The third-order valence-electron chi connectivity index (χ3n) is 4.55. The predicted octanol–water partition coefficient (Wildman–Crippen LogP) is 3.31. The van der Waals surface area contributed by atoms with Gasteiger partial charge in [-0.15, -0.1) is 0 Å². The van der Waals surface area contributed by atoms with E-state index in [0.717, 1.165) is 10.0 Å². The molecule has 1 fully saturated rings. The summed E-state index contributed by atoms with van der Waals surface area (Å²) < 4.78 is 11.9. The second kappa shape index (κ2) is 9.47. The largest absolute Gasteiger partial charge is 0.489 e. The van der Waals surface area contributed by atoms with Crippen LogP contribution in [-0.2, 0) is 17.9 Å². The first-order valence-electron chi connectivity index (χ1n) is 8.98. The van der Waals surface area contributed by atoms with Crippen LogP contribution in [0.2, 0.25) is 5.02 Å². The molecule has 0 aromatic heterocycles. The molecule has 0 spiro atoms. The Morgan fingerprint density at radius 3 is 2.79 bits per heavy atom. The van der Waals surface area contributed by atoms with Crippen LogP contribution >= 0.6 is 27.5 Å². The average molecular weight is 483 g/mol. The summed E-state index contributed by atoms with van der Waals surface area (Å²) in [4.78, 5) is 25.4. The zero-order valence-corrected chi connectivity index (χ0v) is 17.9. The van der Waals surface area contributed by atoms with E-state index in [2.05, 4.69) is 15.9 Å². The summed E-state index contributed by atoms with van der Waals surface area (Å²) in [7, 11) is 0. The lowest BCUT2D eigenvalue weighted by atomic mass is 10.1. The second-order valence-corrected chi connectivity index (χ2v) is 8.10. The Bertz CT molecular complexity index is 925. The van der Waals surface area contributed by atoms with Crippen LogP contribution in [0.4, 0.5) is 4.79 Å². The van der Waals surface area contributed by atoms with Gasteiger partial charge in [0.05, 0.1) is 6.61 Å². The minimum absolute atomic E-state index is 0.0741. The lowest BCUT2D eigenvalue weighted by Crippen LogP contribution is -2.44. The van der Waals surface area contributed by atoms with Crippen molar-refractivity contribution in [2.75, 3.05) is 19.7 Å². The first kappa shape index (κ1) is 21.4. The smallest absolute Gasteiger partial charge is 0.410 e. The first-order chi connectivity index (χ1) is 13.9. The standard InChI is InChI=1S/C20H21BrClN3O4/c21-18-6-16(22)2-1-14(18)11-28-17-4-12(3-15(5-17)19(24)26)8-25-9-13(7-23)10-29-20(25)27/h1-6,13H,7-11,23H2,(H2,24,26). The third kappa shape index (κ3) is 5.62. The van der Waals surface area contributed by atoms with Gasteiger partial charge in [-0.25, -0.2) is 4.79 Å². The molecule has 7 nitrogen and oxygen atoms in total. The van der Waals surface area contributed by atoms with Crippen molar-refractivity contribution in [1.29, 1.82) is 0 Å². The molecule has 2 aromatic rings. The number of carbonyl (C=O) groups excluding carboxylic acids is 2. The number of hydrogen-bond acceptors (Lipinski definition) is 5. The molecule has 0 aliphatic carbocycles. The van der Waals surface area contributed by atoms with E-state index >= 15 is 0 Å². The van der Waals surface area contributed by atoms with Gasteiger partial charge in [-0.2, -0.15) is 0 Å². The van der Waals surface area contributed by atoms with Crippen LogP contribution in [0.5, 0.6) is 5.75 Å². The highest BCUT2D eigenvalue weighted by molar-refractivity contribution is 9.10. The molecule has 29 heavy (non-hydrogen) atoms. The molecule has 2 amide bonds. The molecule has 1 aliphatic rings. The fourth-order valence-corrected chi connectivity index (χ4v) is 3.79. The van der Waals surface area contributed by atoms with Crippen LogP contribution in [0.1, 0.15) is 21.5 Å². The summed E-state index contributed by atoms with van der Waals surface area (Å²) in [6.45, 7) is 1.76. The molecule has 1 aliphatic heterocycles. The highest BCUT2D eigenvalue weighted by Crippen LogP contribution is 2.25. The molecule has 1 atom stereocenters. The van der Waals surface area contributed by atoms with Gasteiger partial charge in [-0.1, -0.05) is 33.6 Å². The molecule has 0 bridgehead atoms. The Balaban J connectivity index is 1.78. The topological polar surface area (TPSA) is 108 Å². The van der Waals surface area contributed by atoms with Gasteiger partial charge in [0.15, 0.2) is 0 Å². The maximum Gasteiger partial charge on any atom is 0.410 e. The van der Waals surface area contributed by atoms with E-state index < -0.39 is 12.0 Å². The van der Waals surface area contributed by atoms with E-state index in [1.807, 2.05) is 6.07 Å². The number of carbonyl (C=O) groups is 2. The van der Waals surface area contributed by atoms with Crippen molar-refractivity contribution in [2.24, 2.45) is 17.4 Å². The Hall–Kier alpha value is -2.29. The zero-order valence-electron chi connectivity index (χ0n) is 15.6. The van der Waals surface area contributed by atoms with Crippen molar-refractivity contribution in [3.05, 3.63) is 62.6 Å². The molecule has 1 unspecified atom stereocenters. The number of nitrogens with zero attached hydrogens (tertiary/aromatic N) is 1. The second-order valence-electron chi connectivity index (χ2n) is 6.81. The molecule has 1 heterocycles. The van der Waals surface area contributed by atoms with E-state index in [0.29, 0.717) is 41.6 Å². The van der Waals surface area contributed by atoms with Gasteiger partial charge in [0.2, 0.25) is 5.91 Å². The van der Waals surface area contributed by atoms with Gasteiger partial charge in [-0.05, 0) is 35.9 Å². The minimum Gasteiger partial charge on any atom is -0.489 e. The number of ether oxygens (including phenoxy) is 2. The summed E-state index contributed by atoms with van der Waals surface area (Å²) in [5.41, 5.74) is 13.1. The van der Waals surface area contributed by atoms with E-state index in [-0.39, 0.29) is 19.1 Å². The van der Waals surface area contributed by atoms with Gasteiger partial charge >= 0.3 is 6.09 Å². The van der Waals surface area contributed by atoms with Gasteiger partial charge in [0.25, 0.3) is 0 Å². The Kier molecular flexibility index (Phi) is 7.00.